The summed E-state index contributed by atoms with van der Waals surface area (Å²) in [5.41, 5.74) is -0.342. The Hall–Kier alpha value is -2.49. The number of methoxy groups -OCH3 is 1. The quantitative estimate of drug-likeness (QED) is 0.415. The lowest BCUT2D eigenvalue weighted by atomic mass is 10.0. The predicted octanol–water partition coefficient (Wildman–Crippen LogP) is 4.46. The van der Waals surface area contributed by atoms with E-state index in [2.05, 4.69) is 4.74 Å². The fraction of sp³-hybridized carbons (Fsp3) is 0.500. The van der Waals surface area contributed by atoms with E-state index in [0.29, 0.717) is 5.57 Å². The minimum Gasteiger partial charge on any atom is -0.491 e. The Balaban J connectivity index is 2.23. The van der Waals surface area contributed by atoms with E-state index >= 15 is 0 Å². The average molecular weight is 381 g/mol. The van der Waals surface area contributed by atoms with Crippen LogP contribution in [0, 0.1) is 46.0 Å². The van der Waals surface area contributed by atoms with Gasteiger partial charge in [0.05, 0.1) is 19.1 Å². The highest BCUT2D eigenvalue weighted by Gasteiger charge is 2.61. The number of benzene rings is 1. The van der Waals surface area contributed by atoms with E-state index in [0.717, 1.165) is 7.11 Å². The van der Waals surface area contributed by atoms with E-state index in [4.69, 9.17) is 10.00 Å². The normalized spacial score (nSPS) is 20.8. The highest BCUT2D eigenvalue weighted by Crippen LogP contribution is 2.59. The van der Waals surface area contributed by atoms with Gasteiger partial charge in [-0.05, 0) is 24.7 Å². The van der Waals surface area contributed by atoms with Crippen molar-refractivity contribution >= 4 is 5.97 Å². The SMILES string of the molecule is CCc1c(F)c(OC)c(F)c(F)c1COC(=O)[C@@H]1[C@@H](C=C(C)C#N)C1(C)C. The number of allylic oxidation sites excluding steroid dienone is 2. The monoisotopic (exact) mass is 381 g/mol. The Morgan fingerprint density at radius 3 is 2.37 bits per heavy atom. The maximum absolute atomic E-state index is 14.3. The summed E-state index contributed by atoms with van der Waals surface area (Å²) in [5.74, 6) is -5.79. The molecule has 0 saturated heterocycles. The van der Waals surface area contributed by atoms with Gasteiger partial charge in [0.1, 0.15) is 6.61 Å². The molecule has 27 heavy (non-hydrogen) atoms. The van der Waals surface area contributed by atoms with Gasteiger partial charge in [-0.2, -0.15) is 9.65 Å². The summed E-state index contributed by atoms with van der Waals surface area (Å²) in [7, 11) is 1.05. The van der Waals surface area contributed by atoms with Gasteiger partial charge >= 0.3 is 5.97 Å². The summed E-state index contributed by atoms with van der Waals surface area (Å²) in [4.78, 5) is 12.4. The molecule has 1 fully saturated rings. The van der Waals surface area contributed by atoms with Gasteiger partial charge in [-0.25, -0.2) is 8.78 Å². The van der Waals surface area contributed by atoms with Crippen LogP contribution in [0.3, 0.4) is 0 Å². The smallest absolute Gasteiger partial charge is 0.310 e. The van der Waals surface area contributed by atoms with Crippen molar-refractivity contribution in [1.29, 1.82) is 5.26 Å². The van der Waals surface area contributed by atoms with Gasteiger partial charge in [0.2, 0.25) is 5.82 Å². The van der Waals surface area contributed by atoms with E-state index in [1.807, 2.05) is 19.9 Å². The van der Waals surface area contributed by atoms with E-state index in [-0.39, 0.29) is 23.5 Å². The van der Waals surface area contributed by atoms with Crippen molar-refractivity contribution in [2.75, 3.05) is 7.11 Å². The second-order valence-corrected chi connectivity index (χ2v) is 7.18. The summed E-state index contributed by atoms with van der Waals surface area (Å²) in [5, 5.41) is 8.88. The third-order valence-corrected chi connectivity index (χ3v) is 5.17. The molecule has 1 aliphatic rings. The summed E-state index contributed by atoms with van der Waals surface area (Å²) >= 11 is 0. The minimum absolute atomic E-state index is 0.0773. The molecule has 2 atom stereocenters. The molecule has 7 heteroatoms. The molecule has 0 spiro atoms. The van der Waals surface area contributed by atoms with Crippen LogP contribution >= 0.6 is 0 Å². The zero-order chi connectivity index (χ0) is 20.5. The Morgan fingerprint density at radius 2 is 1.85 bits per heavy atom. The lowest BCUT2D eigenvalue weighted by molar-refractivity contribution is -0.147. The van der Waals surface area contributed by atoms with E-state index in [9.17, 15) is 18.0 Å². The van der Waals surface area contributed by atoms with Crippen molar-refractivity contribution < 1.29 is 27.4 Å². The third-order valence-electron chi connectivity index (χ3n) is 5.17. The van der Waals surface area contributed by atoms with Crippen molar-refractivity contribution in [2.45, 2.75) is 40.7 Å². The lowest BCUT2D eigenvalue weighted by Crippen LogP contribution is -2.14. The molecule has 146 valence electrons. The standard InChI is InChI=1S/C20H22F3NO3/c1-6-11-12(15(21)17(23)18(26-5)16(11)22)9-27-19(25)14-13(20(14,3)4)7-10(2)8-24/h7,13-14H,6,9H2,1-5H3/t13-,14+/m1/s1. The summed E-state index contributed by atoms with van der Waals surface area (Å²) in [6.45, 7) is 6.36. The Labute approximate surface area is 156 Å². The first-order valence-corrected chi connectivity index (χ1v) is 8.59. The Bertz CT molecular complexity index is 840. The molecule has 1 aromatic rings. The number of hydrogen-bond donors (Lipinski definition) is 0. The molecule has 1 aliphatic carbocycles. The second kappa shape index (κ2) is 7.63. The molecule has 0 unspecified atom stereocenters. The fourth-order valence-electron chi connectivity index (χ4n) is 3.41. The maximum atomic E-state index is 14.3. The molecule has 0 heterocycles. The van der Waals surface area contributed by atoms with Crippen LogP contribution in [0.1, 0.15) is 38.8 Å². The molecule has 1 saturated carbocycles. The number of rotatable bonds is 6. The van der Waals surface area contributed by atoms with Gasteiger partial charge in [0.25, 0.3) is 0 Å². The number of carbonyl (C=O) groups is 1. The zero-order valence-electron chi connectivity index (χ0n) is 16.0. The highest BCUT2D eigenvalue weighted by molar-refractivity contribution is 5.78. The van der Waals surface area contributed by atoms with Crippen LogP contribution in [0.4, 0.5) is 13.2 Å². The first kappa shape index (κ1) is 20.8. The van der Waals surface area contributed by atoms with Gasteiger partial charge < -0.3 is 9.47 Å². The molecule has 0 aromatic heterocycles. The van der Waals surface area contributed by atoms with Crippen LogP contribution in [0.2, 0.25) is 0 Å². The number of esters is 1. The molecule has 4 nitrogen and oxygen atoms in total. The predicted molar refractivity (Wildman–Crippen MR) is 92.2 cm³/mol. The van der Waals surface area contributed by atoms with Gasteiger partial charge in [-0.3, -0.25) is 4.79 Å². The first-order chi connectivity index (χ1) is 12.6. The third kappa shape index (κ3) is 3.66. The van der Waals surface area contributed by atoms with Gasteiger partial charge in [0, 0.05) is 16.7 Å². The van der Waals surface area contributed by atoms with Crippen molar-refractivity contribution in [2.24, 2.45) is 17.3 Å². The summed E-state index contributed by atoms with van der Waals surface area (Å²) < 4.78 is 52.4. The number of carbonyl (C=O) groups excluding carboxylic acids is 1. The molecule has 0 aliphatic heterocycles. The minimum atomic E-state index is -1.45. The highest BCUT2D eigenvalue weighted by atomic mass is 19.2. The van der Waals surface area contributed by atoms with Crippen molar-refractivity contribution in [3.8, 4) is 11.8 Å². The topological polar surface area (TPSA) is 59.3 Å². The van der Waals surface area contributed by atoms with Crippen molar-refractivity contribution in [1.82, 2.24) is 0 Å². The number of nitriles is 1. The number of hydrogen-bond acceptors (Lipinski definition) is 4. The molecule has 0 N–H and O–H groups in total. The largest absolute Gasteiger partial charge is 0.491 e. The molecule has 0 bridgehead atoms. The maximum Gasteiger partial charge on any atom is 0.310 e. The first-order valence-electron chi connectivity index (χ1n) is 8.59. The molecular formula is C20H22F3NO3. The molecular weight excluding hydrogens is 359 g/mol. The fourth-order valence-corrected chi connectivity index (χ4v) is 3.41. The van der Waals surface area contributed by atoms with Crippen LogP contribution < -0.4 is 4.74 Å². The molecule has 2 rings (SSSR count). The van der Waals surface area contributed by atoms with Crippen molar-refractivity contribution in [3.63, 3.8) is 0 Å². The molecule has 0 amide bonds. The van der Waals surface area contributed by atoms with E-state index < -0.39 is 47.1 Å². The van der Waals surface area contributed by atoms with Crippen LogP contribution in [-0.2, 0) is 22.6 Å². The van der Waals surface area contributed by atoms with Crippen molar-refractivity contribution in [3.05, 3.63) is 40.2 Å². The molecule has 0 radical (unpaired) electrons. The van der Waals surface area contributed by atoms with Crippen LogP contribution in [-0.4, -0.2) is 13.1 Å². The van der Waals surface area contributed by atoms with Crippen LogP contribution in [0.5, 0.6) is 5.75 Å². The van der Waals surface area contributed by atoms with E-state index in [1.165, 1.54) is 0 Å². The van der Waals surface area contributed by atoms with Gasteiger partial charge in [-0.1, -0.05) is 26.8 Å². The second-order valence-electron chi connectivity index (χ2n) is 7.18. The van der Waals surface area contributed by atoms with E-state index in [1.54, 1.807) is 19.9 Å². The lowest BCUT2D eigenvalue weighted by Gasteiger charge is -2.15. The summed E-state index contributed by atoms with van der Waals surface area (Å²) in [6, 6.07) is 2.00. The summed E-state index contributed by atoms with van der Waals surface area (Å²) in [6.07, 6.45) is 1.78. The number of nitrogens with zero attached hydrogens (tertiary/aromatic N) is 1. The average Bonchev–Trinajstić information content (AvgIpc) is 3.16. The number of ether oxygens (including phenoxy) is 2. The Kier molecular flexibility index (Phi) is 5.88. The number of halogens is 3. The zero-order valence-corrected chi connectivity index (χ0v) is 16.0. The van der Waals surface area contributed by atoms with Gasteiger partial charge in [-0.15, -0.1) is 0 Å². The Morgan fingerprint density at radius 1 is 1.22 bits per heavy atom. The molecule has 1 aromatic carbocycles. The van der Waals surface area contributed by atoms with Crippen LogP contribution in [0.25, 0.3) is 0 Å². The van der Waals surface area contributed by atoms with Crippen LogP contribution in [0.15, 0.2) is 11.6 Å². The van der Waals surface area contributed by atoms with Gasteiger partial charge in [0.15, 0.2) is 17.4 Å².